The van der Waals surface area contributed by atoms with E-state index >= 15 is 0 Å². The molecule has 0 amide bonds. The minimum absolute atomic E-state index is 0.0385. The van der Waals surface area contributed by atoms with Crippen molar-refractivity contribution < 1.29 is 87.9 Å². The second-order valence-corrected chi connectivity index (χ2v) is 18.4. The molecule has 19 heteroatoms. The Morgan fingerprint density at radius 1 is 0.548 bits per heavy atom. The lowest BCUT2D eigenvalue weighted by Crippen LogP contribution is -2.67. The molecule has 62 heavy (non-hydrogen) atoms. The van der Waals surface area contributed by atoms with Crippen molar-refractivity contribution in [3.63, 3.8) is 0 Å². The van der Waals surface area contributed by atoms with Crippen LogP contribution in [-0.2, 0) is 42.1 Å². The normalized spacial score (nSPS) is 29.2. The summed E-state index contributed by atoms with van der Waals surface area (Å²) in [5.74, 6) is -1.21. The molecule has 0 aromatic carbocycles. The van der Waals surface area contributed by atoms with Crippen LogP contribution in [0.1, 0.15) is 168 Å². The number of phosphoric ester groups is 1. The fourth-order valence-corrected chi connectivity index (χ4v) is 8.61. The van der Waals surface area contributed by atoms with Crippen molar-refractivity contribution in [1.29, 1.82) is 0 Å². The summed E-state index contributed by atoms with van der Waals surface area (Å²) in [7, 11) is -5.36. The minimum Gasteiger partial charge on any atom is -0.462 e. The summed E-state index contributed by atoms with van der Waals surface area (Å²) >= 11 is 0. The summed E-state index contributed by atoms with van der Waals surface area (Å²) < 4.78 is 45.3. The van der Waals surface area contributed by atoms with Crippen LogP contribution in [-0.4, -0.2) is 151 Å². The smallest absolute Gasteiger partial charge is 0.462 e. The van der Waals surface area contributed by atoms with E-state index in [9.17, 15) is 59.9 Å². The molecule has 1 saturated heterocycles. The van der Waals surface area contributed by atoms with Crippen LogP contribution < -0.4 is 0 Å². The summed E-state index contributed by atoms with van der Waals surface area (Å²) in [6.45, 7) is 2.19. The molecular formula is C43H81O18P. The molecule has 0 aromatic heterocycles. The zero-order valence-corrected chi connectivity index (χ0v) is 38.1. The van der Waals surface area contributed by atoms with Gasteiger partial charge in [-0.15, -0.1) is 0 Å². The molecule has 0 radical (unpaired) electrons. The summed E-state index contributed by atoms with van der Waals surface area (Å²) in [6, 6.07) is 0. The summed E-state index contributed by atoms with van der Waals surface area (Å²) in [5, 5.41) is 82.7. The molecule has 2 rings (SSSR count). The highest BCUT2D eigenvalue weighted by atomic mass is 31.2. The average Bonchev–Trinajstić information content (AvgIpc) is 3.25. The Hall–Kier alpha value is -1.35. The highest BCUT2D eigenvalue weighted by molar-refractivity contribution is 7.47. The van der Waals surface area contributed by atoms with Crippen molar-refractivity contribution in [1.82, 2.24) is 0 Å². The zero-order chi connectivity index (χ0) is 45.9. The lowest BCUT2D eigenvalue weighted by atomic mass is 9.84. The van der Waals surface area contributed by atoms with E-state index in [1.165, 1.54) is 77.0 Å². The predicted octanol–water partition coefficient (Wildman–Crippen LogP) is 3.99. The number of aliphatic hydroxyl groups excluding tert-OH is 8. The highest BCUT2D eigenvalue weighted by Gasteiger charge is 2.55. The Morgan fingerprint density at radius 3 is 1.44 bits per heavy atom. The van der Waals surface area contributed by atoms with Crippen LogP contribution >= 0.6 is 7.82 Å². The van der Waals surface area contributed by atoms with Crippen LogP contribution in [0, 0.1) is 0 Å². The quantitative estimate of drug-likeness (QED) is 0.0247. The third-order valence-electron chi connectivity index (χ3n) is 11.6. The average molecular weight is 917 g/mol. The Morgan fingerprint density at radius 2 is 0.968 bits per heavy atom. The number of hydrogen-bond acceptors (Lipinski definition) is 17. The maximum atomic E-state index is 13.3. The van der Waals surface area contributed by atoms with Crippen molar-refractivity contribution in [2.45, 2.75) is 241 Å². The first kappa shape index (κ1) is 56.8. The Kier molecular flexibility index (Phi) is 29.6. The zero-order valence-electron chi connectivity index (χ0n) is 37.2. The van der Waals surface area contributed by atoms with Gasteiger partial charge in [0.25, 0.3) is 0 Å². The fraction of sp³-hybridized carbons (Fsp3) is 0.953. The second kappa shape index (κ2) is 32.3. The third kappa shape index (κ3) is 21.8. The van der Waals surface area contributed by atoms with Crippen molar-refractivity contribution in [2.24, 2.45) is 0 Å². The largest absolute Gasteiger partial charge is 0.472 e. The van der Waals surface area contributed by atoms with Gasteiger partial charge in [-0.1, -0.05) is 142 Å². The van der Waals surface area contributed by atoms with Gasteiger partial charge in [-0.05, 0) is 12.8 Å². The highest BCUT2D eigenvalue weighted by Crippen LogP contribution is 2.48. The molecule has 0 spiro atoms. The molecule has 13 atom stereocenters. The van der Waals surface area contributed by atoms with E-state index in [0.29, 0.717) is 12.8 Å². The summed E-state index contributed by atoms with van der Waals surface area (Å²) in [5.41, 5.74) is 0. The predicted molar refractivity (Wildman–Crippen MR) is 226 cm³/mol. The molecule has 18 nitrogen and oxygen atoms in total. The SMILES string of the molecule is CCCCCCCCCCCCCC(=O)OC[C@H](COP(=O)(O)O[C@H]1[C@H](O)[C@@H](O)[C@H](O)[C@@H](O)[C@H]1O[C@H]1O[C@H](CO)[C@@H](O)[C@H](O)[C@@H]1O)OC(=O)CCCCCCCCCCCCC. The van der Waals surface area contributed by atoms with E-state index in [0.717, 1.165) is 51.4 Å². The summed E-state index contributed by atoms with van der Waals surface area (Å²) in [4.78, 5) is 36.3. The molecule has 1 unspecified atom stereocenters. The standard InChI is InChI=1S/C43H81O18P/c1-3-5-7-9-11-13-15-17-19-21-23-25-32(45)56-28-30(58-33(46)26-24-22-20-18-16-14-12-10-8-6-4-2)29-57-62(54,55)61-42-39(52)37(50)36(49)38(51)41(42)60-43-40(53)35(48)34(47)31(27-44)59-43/h30-31,34-44,47-53H,3-29H2,1-2H3,(H,54,55)/t30-,31-,34-,35+,36+,37+,38-,39-,40+,41-,42+,43-/m1/s1. The second-order valence-electron chi connectivity index (χ2n) is 17.0. The van der Waals surface area contributed by atoms with Gasteiger partial charge in [0.05, 0.1) is 13.2 Å². The number of rotatable bonds is 35. The number of carbonyl (C=O) groups is 2. The van der Waals surface area contributed by atoms with E-state index in [4.69, 9.17) is 28.0 Å². The fourth-order valence-electron chi connectivity index (χ4n) is 7.64. The van der Waals surface area contributed by atoms with Crippen LogP contribution in [0.5, 0.6) is 0 Å². The monoisotopic (exact) mass is 917 g/mol. The third-order valence-corrected chi connectivity index (χ3v) is 12.5. The summed E-state index contributed by atoms with van der Waals surface area (Å²) in [6.07, 6.45) is 0.739. The number of esters is 2. The van der Waals surface area contributed by atoms with Gasteiger partial charge >= 0.3 is 19.8 Å². The Bertz CT molecular complexity index is 1230. The number of hydrogen-bond donors (Lipinski definition) is 9. The number of unbranched alkanes of at least 4 members (excludes halogenated alkanes) is 20. The van der Waals surface area contributed by atoms with Gasteiger partial charge in [-0.25, -0.2) is 4.57 Å². The molecule has 1 saturated carbocycles. The van der Waals surface area contributed by atoms with Gasteiger partial charge in [0.1, 0.15) is 67.6 Å². The van der Waals surface area contributed by atoms with Gasteiger partial charge in [0.2, 0.25) is 0 Å². The number of ether oxygens (including phenoxy) is 4. The van der Waals surface area contributed by atoms with Gasteiger partial charge < -0.3 is 64.7 Å². The Labute approximate surface area is 368 Å². The van der Waals surface area contributed by atoms with E-state index in [1.54, 1.807) is 0 Å². The van der Waals surface area contributed by atoms with E-state index in [2.05, 4.69) is 13.8 Å². The van der Waals surface area contributed by atoms with Crippen LogP contribution in [0.15, 0.2) is 0 Å². The van der Waals surface area contributed by atoms with E-state index in [-0.39, 0.29) is 12.8 Å². The van der Waals surface area contributed by atoms with Gasteiger partial charge in [0, 0.05) is 12.8 Å². The van der Waals surface area contributed by atoms with Gasteiger partial charge in [0.15, 0.2) is 12.4 Å². The molecule has 1 aliphatic heterocycles. The Balaban J connectivity index is 2.00. The lowest BCUT2D eigenvalue weighted by Gasteiger charge is -2.47. The van der Waals surface area contributed by atoms with Crippen molar-refractivity contribution in [3.05, 3.63) is 0 Å². The van der Waals surface area contributed by atoms with E-state index in [1.807, 2.05) is 0 Å². The molecule has 0 bridgehead atoms. The topological polar surface area (TPSA) is 289 Å². The molecular weight excluding hydrogens is 835 g/mol. The first-order valence-corrected chi connectivity index (χ1v) is 24.9. The van der Waals surface area contributed by atoms with Gasteiger partial charge in [-0.2, -0.15) is 0 Å². The minimum atomic E-state index is -5.36. The first-order chi connectivity index (χ1) is 29.7. The van der Waals surface area contributed by atoms with Crippen molar-refractivity contribution in [3.8, 4) is 0 Å². The number of aliphatic hydroxyl groups is 8. The van der Waals surface area contributed by atoms with Crippen LogP contribution in [0.25, 0.3) is 0 Å². The number of carbonyl (C=O) groups excluding carboxylic acids is 2. The molecule has 2 aliphatic rings. The molecule has 0 aromatic rings. The molecule has 1 aliphatic carbocycles. The molecule has 1 heterocycles. The molecule has 2 fully saturated rings. The maximum Gasteiger partial charge on any atom is 0.472 e. The first-order valence-electron chi connectivity index (χ1n) is 23.4. The number of phosphoric acid groups is 1. The van der Waals surface area contributed by atoms with Gasteiger partial charge in [-0.3, -0.25) is 18.6 Å². The van der Waals surface area contributed by atoms with Crippen molar-refractivity contribution >= 4 is 19.8 Å². The van der Waals surface area contributed by atoms with Crippen LogP contribution in [0.2, 0.25) is 0 Å². The van der Waals surface area contributed by atoms with Crippen LogP contribution in [0.4, 0.5) is 0 Å². The van der Waals surface area contributed by atoms with E-state index < -0.39 is 113 Å². The lowest BCUT2D eigenvalue weighted by molar-refractivity contribution is -0.338. The maximum absolute atomic E-state index is 13.3. The van der Waals surface area contributed by atoms with Crippen LogP contribution in [0.3, 0.4) is 0 Å². The van der Waals surface area contributed by atoms with Crippen molar-refractivity contribution in [2.75, 3.05) is 19.8 Å². The molecule has 366 valence electrons. The molecule has 9 N–H and O–H groups in total.